The Labute approximate surface area is 191 Å². The van der Waals surface area contributed by atoms with Crippen LogP contribution in [0.3, 0.4) is 0 Å². The van der Waals surface area contributed by atoms with Crippen molar-refractivity contribution in [1.82, 2.24) is 29.3 Å². The highest BCUT2D eigenvalue weighted by Crippen LogP contribution is 2.32. The van der Waals surface area contributed by atoms with Gasteiger partial charge < -0.3 is 9.30 Å². The summed E-state index contributed by atoms with van der Waals surface area (Å²) in [4.78, 5) is 13.8. The van der Waals surface area contributed by atoms with E-state index in [1.54, 1.807) is 13.4 Å². The monoisotopic (exact) mass is 444 g/mol. The number of fused-ring (bicyclic) bond motifs is 1. The van der Waals surface area contributed by atoms with Crippen LogP contribution in [0.4, 0.5) is 4.39 Å². The Bertz CT molecular complexity index is 1320. The molecule has 0 unspecified atom stereocenters. The summed E-state index contributed by atoms with van der Waals surface area (Å²) in [5.74, 6) is 1.97. The highest BCUT2D eigenvalue weighted by molar-refractivity contribution is 5.77. The van der Waals surface area contributed by atoms with Gasteiger partial charge in [0.2, 0.25) is 5.88 Å². The maximum Gasteiger partial charge on any atom is 0.238 e. The molecule has 0 saturated carbocycles. The van der Waals surface area contributed by atoms with Gasteiger partial charge in [0.05, 0.1) is 24.8 Å². The van der Waals surface area contributed by atoms with Crippen molar-refractivity contribution in [1.29, 1.82) is 0 Å². The summed E-state index contributed by atoms with van der Waals surface area (Å²) in [6.45, 7) is 4.76. The first-order valence-corrected chi connectivity index (χ1v) is 11.0. The number of imidazole rings is 1. The average molecular weight is 445 g/mol. The van der Waals surface area contributed by atoms with Gasteiger partial charge >= 0.3 is 0 Å². The molecular formula is C25H25FN6O. The third-order valence-electron chi connectivity index (χ3n) is 5.94. The lowest BCUT2D eigenvalue weighted by molar-refractivity contribution is 0.395. The molecule has 0 fully saturated rings. The van der Waals surface area contributed by atoms with Gasteiger partial charge in [-0.1, -0.05) is 12.1 Å². The number of benzene rings is 1. The highest BCUT2D eigenvalue weighted by Gasteiger charge is 2.25. The van der Waals surface area contributed by atoms with Crippen LogP contribution in [0.15, 0.2) is 48.9 Å². The number of halogens is 1. The largest absolute Gasteiger partial charge is 0.479 e. The molecule has 7 nitrogen and oxygen atoms in total. The third kappa shape index (κ3) is 4.16. The Balaban J connectivity index is 1.45. The molecule has 4 heterocycles. The molecule has 0 radical (unpaired) electrons. The quantitative estimate of drug-likeness (QED) is 0.442. The van der Waals surface area contributed by atoms with Gasteiger partial charge in [-0.3, -0.25) is 0 Å². The van der Waals surface area contributed by atoms with Crippen molar-refractivity contribution >= 4 is 11.6 Å². The Hall–Kier alpha value is -3.81. The molecular weight excluding hydrogens is 419 g/mol. The molecule has 0 N–H and O–H groups in total. The predicted octanol–water partition coefficient (Wildman–Crippen LogP) is 4.80. The molecule has 1 atom stereocenters. The van der Waals surface area contributed by atoms with E-state index in [0.29, 0.717) is 11.7 Å². The Kier molecular flexibility index (Phi) is 5.50. The number of aryl methyl sites for hydroxylation is 2. The van der Waals surface area contributed by atoms with E-state index in [-0.39, 0.29) is 11.7 Å². The molecule has 0 amide bonds. The molecule has 0 bridgehead atoms. The van der Waals surface area contributed by atoms with Gasteiger partial charge in [-0.15, -0.1) is 0 Å². The average Bonchev–Trinajstić information content (AvgIpc) is 3.44. The number of hydrogen-bond donors (Lipinski definition) is 0. The van der Waals surface area contributed by atoms with Crippen LogP contribution in [0.5, 0.6) is 5.88 Å². The molecule has 0 saturated heterocycles. The van der Waals surface area contributed by atoms with Crippen molar-refractivity contribution in [2.75, 3.05) is 7.11 Å². The van der Waals surface area contributed by atoms with E-state index in [9.17, 15) is 4.39 Å². The number of methoxy groups -OCH3 is 1. The topological polar surface area (TPSA) is 70.7 Å². The SMILES string of the molecule is COc1nc(/C(C)=C/c2nc3n(n2)CCC[C@H]3c2ccc(F)cc2)ccc1-n1cnc(C)c1. The van der Waals surface area contributed by atoms with Gasteiger partial charge in [-0.25, -0.2) is 24.0 Å². The van der Waals surface area contributed by atoms with Gasteiger partial charge in [-0.2, -0.15) is 5.10 Å². The minimum atomic E-state index is -0.229. The molecule has 4 aromatic rings. The maximum atomic E-state index is 13.4. The zero-order valence-corrected chi connectivity index (χ0v) is 18.9. The summed E-state index contributed by atoms with van der Waals surface area (Å²) < 4.78 is 22.8. The zero-order valence-electron chi connectivity index (χ0n) is 18.9. The molecule has 5 rings (SSSR count). The van der Waals surface area contributed by atoms with Gasteiger partial charge in [-0.05, 0) is 68.2 Å². The molecule has 1 aliphatic heterocycles. The van der Waals surface area contributed by atoms with Crippen LogP contribution >= 0.6 is 0 Å². The summed E-state index contributed by atoms with van der Waals surface area (Å²) in [5.41, 5.74) is 4.53. The van der Waals surface area contributed by atoms with E-state index in [4.69, 9.17) is 14.8 Å². The summed E-state index contributed by atoms with van der Waals surface area (Å²) in [6.07, 6.45) is 7.60. The van der Waals surface area contributed by atoms with Crippen LogP contribution in [-0.2, 0) is 6.54 Å². The van der Waals surface area contributed by atoms with Crippen LogP contribution in [0.2, 0.25) is 0 Å². The summed E-state index contributed by atoms with van der Waals surface area (Å²) >= 11 is 0. The van der Waals surface area contributed by atoms with E-state index in [1.807, 2.05) is 59.6 Å². The van der Waals surface area contributed by atoms with E-state index < -0.39 is 0 Å². The second-order valence-corrected chi connectivity index (χ2v) is 8.27. The van der Waals surface area contributed by atoms with E-state index >= 15 is 0 Å². The minimum Gasteiger partial charge on any atom is -0.479 e. The molecule has 1 aliphatic rings. The lowest BCUT2D eigenvalue weighted by atomic mass is 9.91. The number of allylic oxidation sites excluding steroid dienone is 1. The fraction of sp³-hybridized carbons (Fsp3) is 0.280. The van der Waals surface area contributed by atoms with Gasteiger partial charge in [0.15, 0.2) is 5.82 Å². The molecule has 8 heteroatoms. The van der Waals surface area contributed by atoms with Gasteiger partial charge in [0.25, 0.3) is 0 Å². The van der Waals surface area contributed by atoms with Crippen LogP contribution in [0.25, 0.3) is 17.3 Å². The Morgan fingerprint density at radius 3 is 2.70 bits per heavy atom. The normalized spacial score (nSPS) is 16.0. The molecule has 33 heavy (non-hydrogen) atoms. The summed E-state index contributed by atoms with van der Waals surface area (Å²) in [6, 6.07) is 10.6. The first kappa shape index (κ1) is 21.1. The zero-order chi connectivity index (χ0) is 22.9. The van der Waals surface area contributed by atoms with Crippen LogP contribution in [0.1, 0.15) is 54.3 Å². The van der Waals surface area contributed by atoms with Crippen LogP contribution in [0, 0.1) is 12.7 Å². The fourth-order valence-electron chi connectivity index (χ4n) is 4.26. The van der Waals surface area contributed by atoms with Crippen molar-refractivity contribution < 1.29 is 9.13 Å². The van der Waals surface area contributed by atoms with Crippen molar-refractivity contribution in [3.8, 4) is 11.6 Å². The highest BCUT2D eigenvalue weighted by atomic mass is 19.1. The molecule has 1 aromatic carbocycles. The molecule has 0 aliphatic carbocycles. The second-order valence-electron chi connectivity index (χ2n) is 8.27. The smallest absolute Gasteiger partial charge is 0.238 e. The van der Waals surface area contributed by atoms with Crippen molar-refractivity contribution in [2.45, 2.75) is 39.2 Å². The van der Waals surface area contributed by atoms with Gasteiger partial charge in [0, 0.05) is 18.7 Å². The second kappa shape index (κ2) is 8.61. The minimum absolute atomic E-state index is 0.116. The van der Waals surface area contributed by atoms with E-state index in [1.165, 1.54) is 12.1 Å². The van der Waals surface area contributed by atoms with Crippen molar-refractivity contribution in [2.24, 2.45) is 0 Å². The van der Waals surface area contributed by atoms with Gasteiger partial charge in [0.1, 0.15) is 17.3 Å². The number of aromatic nitrogens is 6. The summed E-state index contributed by atoms with van der Waals surface area (Å²) in [7, 11) is 1.61. The van der Waals surface area contributed by atoms with Crippen LogP contribution < -0.4 is 4.74 Å². The number of ether oxygens (including phenoxy) is 1. The molecule has 168 valence electrons. The standard InChI is InChI=1S/C25H25FN6O/c1-16(21-10-11-22(25(28-21)33-3)31-14-17(2)27-15-31)13-23-29-24-20(5-4-12-32(24)30-23)18-6-8-19(26)9-7-18/h6-11,13-15,20H,4-5,12H2,1-3H3/b16-13+/t20-/m0/s1. The molecule has 0 spiro atoms. The van der Waals surface area contributed by atoms with Crippen molar-refractivity contribution in [3.05, 3.63) is 83.3 Å². The lowest BCUT2D eigenvalue weighted by Gasteiger charge is -2.22. The maximum absolute atomic E-state index is 13.4. The molecule has 3 aromatic heterocycles. The number of rotatable bonds is 5. The first-order valence-electron chi connectivity index (χ1n) is 11.0. The Morgan fingerprint density at radius 2 is 1.97 bits per heavy atom. The van der Waals surface area contributed by atoms with E-state index in [0.717, 1.165) is 53.4 Å². The number of nitrogens with zero attached hydrogens (tertiary/aromatic N) is 6. The first-order chi connectivity index (χ1) is 16.0. The van der Waals surface area contributed by atoms with Crippen molar-refractivity contribution in [3.63, 3.8) is 0 Å². The van der Waals surface area contributed by atoms with Crippen LogP contribution in [-0.4, -0.2) is 36.4 Å². The number of hydrogen-bond acceptors (Lipinski definition) is 5. The number of pyridine rings is 1. The fourth-order valence-corrected chi connectivity index (χ4v) is 4.26. The summed E-state index contributed by atoms with van der Waals surface area (Å²) in [5, 5.41) is 4.70. The Morgan fingerprint density at radius 1 is 1.15 bits per heavy atom. The lowest BCUT2D eigenvalue weighted by Crippen LogP contribution is -2.17. The predicted molar refractivity (Wildman–Crippen MR) is 124 cm³/mol. The van der Waals surface area contributed by atoms with E-state index in [2.05, 4.69) is 9.97 Å². The third-order valence-corrected chi connectivity index (χ3v) is 5.94.